The summed E-state index contributed by atoms with van der Waals surface area (Å²) < 4.78 is 7.31. The summed E-state index contributed by atoms with van der Waals surface area (Å²) in [5, 5.41) is 9.16. The molecule has 0 aliphatic carbocycles. The van der Waals surface area contributed by atoms with E-state index in [1.54, 1.807) is 6.20 Å². The molecule has 2 aromatic heterocycles. The quantitative estimate of drug-likeness (QED) is 0.378. The third kappa shape index (κ3) is 4.34. The first kappa shape index (κ1) is 19.9. The molecule has 3 atom stereocenters. The van der Waals surface area contributed by atoms with Gasteiger partial charge in [-0.1, -0.05) is 11.6 Å². The molecule has 0 bridgehead atoms. The molecule has 0 radical (unpaired) electrons. The number of aromatic nitrogens is 3. The van der Waals surface area contributed by atoms with E-state index in [0.29, 0.717) is 18.1 Å². The summed E-state index contributed by atoms with van der Waals surface area (Å²) in [7, 11) is 0. The fourth-order valence-electron chi connectivity index (χ4n) is 3.15. The molecule has 3 unspecified atom stereocenters. The summed E-state index contributed by atoms with van der Waals surface area (Å²) in [4.78, 5) is 18.5. The molecule has 0 aromatic carbocycles. The van der Waals surface area contributed by atoms with E-state index in [-0.39, 0.29) is 18.2 Å². The first-order chi connectivity index (χ1) is 12.2. The number of alkyl carbamates (subject to hydrolysis) is 1. The van der Waals surface area contributed by atoms with E-state index in [1.165, 1.54) is 0 Å². The standard InChI is InChI=1S/C16H22ClIN5O2P/c1-9-5-10(20-15(24)25-16(2,3)4)8-22(9)14-11-7-19-13(17)6-12(11)23(21-14)26-18/h6-7,9-10,26H,5,8H2,1-4H3,(H,20,24). The molecule has 142 valence electrons. The fraction of sp³-hybridized carbons (Fsp3) is 0.562. The molecule has 3 heterocycles. The summed E-state index contributed by atoms with van der Waals surface area (Å²) in [6, 6.07) is 2.10. The number of carbonyl (C=O) groups is 1. The van der Waals surface area contributed by atoms with Crippen molar-refractivity contribution in [1.29, 1.82) is 0 Å². The maximum absolute atomic E-state index is 12.1. The van der Waals surface area contributed by atoms with Crippen molar-refractivity contribution in [1.82, 2.24) is 19.9 Å². The van der Waals surface area contributed by atoms with Crippen LogP contribution in [0, 0.1) is 0 Å². The molecule has 0 saturated carbocycles. The van der Waals surface area contributed by atoms with Gasteiger partial charge in [-0.25, -0.2) is 14.2 Å². The second-order valence-electron chi connectivity index (χ2n) is 7.42. The zero-order valence-electron chi connectivity index (χ0n) is 15.1. The summed E-state index contributed by atoms with van der Waals surface area (Å²) in [5.74, 6) is 0.884. The normalized spacial score (nSPS) is 21.1. The van der Waals surface area contributed by atoms with Crippen LogP contribution in [0.4, 0.5) is 10.6 Å². The molecule has 2 aromatic rings. The van der Waals surface area contributed by atoms with Gasteiger partial charge in [0.2, 0.25) is 0 Å². The fourth-order valence-corrected chi connectivity index (χ4v) is 4.82. The van der Waals surface area contributed by atoms with Gasteiger partial charge in [0.25, 0.3) is 0 Å². The second kappa shape index (κ2) is 7.64. The van der Waals surface area contributed by atoms with Crippen molar-refractivity contribution in [3.63, 3.8) is 0 Å². The van der Waals surface area contributed by atoms with Crippen molar-refractivity contribution in [2.45, 2.75) is 51.8 Å². The number of nitrogens with zero attached hydrogens (tertiary/aromatic N) is 4. The van der Waals surface area contributed by atoms with Gasteiger partial charge < -0.3 is 15.0 Å². The zero-order valence-corrected chi connectivity index (χ0v) is 19.0. The highest BCUT2D eigenvalue weighted by molar-refractivity contribution is 14.2. The predicted molar refractivity (Wildman–Crippen MR) is 115 cm³/mol. The van der Waals surface area contributed by atoms with E-state index in [2.05, 4.69) is 44.2 Å². The molecule has 3 rings (SSSR count). The highest BCUT2D eigenvalue weighted by Crippen LogP contribution is 2.37. The average Bonchev–Trinajstić information content (AvgIpc) is 3.04. The summed E-state index contributed by atoms with van der Waals surface area (Å²) >= 11 is 8.35. The zero-order chi connectivity index (χ0) is 19.1. The minimum Gasteiger partial charge on any atom is -0.444 e. The third-order valence-electron chi connectivity index (χ3n) is 4.16. The number of pyridine rings is 1. The minimum atomic E-state index is -0.505. The molecular weight excluding hydrogens is 488 g/mol. The molecule has 1 aliphatic heterocycles. The van der Waals surface area contributed by atoms with Crippen LogP contribution in [-0.2, 0) is 4.74 Å². The Bertz CT molecular complexity index is 825. The first-order valence-corrected chi connectivity index (χ1v) is 12.8. The molecule has 10 heteroatoms. The van der Waals surface area contributed by atoms with Gasteiger partial charge in [-0.15, -0.1) is 5.10 Å². The lowest BCUT2D eigenvalue weighted by atomic mass is 10.2. The molecule has 1 fully saturated rings. The molecule has 1 N–H and O–H groups in total. The van der Waals surface area contributed by atoms with Crippen LogP contribution in [0.2, 0.25) is 5.15 Å². The summed E-state index contributed by atoms with van der Waals surface area (Å²) in [5.41, 5.74) is 0.471. The number of fused-ring (bicyclic) bond motifs is 1. The Kier molecular flexibility index (Phi) is 5.84. The molecular formula is C16H22ClIN5O2P. The number of anilines is 1. The smallest absolute Gasteiger partial charge is 0.407 e. The van der Waals surface area contributed by atoms with Crippen molar-refractivity contribution in [2.75, 3.05) is 11.4 Å². The highest BCUT2D eigenvalue weighted by atomic mass is 127. The van der Waals surface area contributed by atoms with Crippen molar-refractivity contribution < 1.29 is 9.53 Å². The first-order valence-electron chi connectivity index (χ1n) is 8.35. The van der Waals surface area contributed by atoms with E-state index in [0.717, 1.165) is 23.1 Å². The maximum Gasteiger partial charge on any atom is 0.407 e. The van der Waals surface area contributed by atoms with Gasteiger partial charge in [-0.2, -0.15) is 0 Å². The Hall–Kier alpha value is -0.860. The summed E-state index contributed by atoms with van der Waals surface area (Å²) in [6.45, 7) is 8.39. The molecule has 1 aliphatic rings. The minimum absolute atomic E-state index is 0.0161. The third-order valence-corrected chi connectivity index (χ3v) is 6.24. The Morgan fingerprint density at radius 3 is 2.88 bits per heavy atom. The second-order valence-corrected chi connectivity index (χ2v) is 9.85. The van der Waals surface area contributed by atoms with Crippen molar-refractivity contribution in [2.24, 2.45) is 0 Å². The molecule has 1 saturated heterocycles. The number of halogens is 2. The van der Waals surface area contributed by atoms with Gasteiger partial charge in [0.05, 0.1) is 23.3 Å². The van der Waals surface area contributed by atoms with Crippen LogP contribution in [0.1, 0.15) is 34.1 Å². The van der Waals surface area contributed by atoms with E-state index in [9.17, 15) is 4.79 Å². The van der Waals surface area contributed by atoms with Crippen molar-refractivity contribution in [3.05, 3.63) is 17.4 Å². The van der Waals surface area contributed by atoms with Gasteiger partial charge in [0.1, 0.15) is 10.8 Å². The number of amides is 1. The van der Waals surface area contributed by atoms with E-state index in [1.807, 2.05) is 31.3 Å². The molecule has 1 amide bonds. The lowest BCUT2D eigenvalue weighted by Crippen LogP contribution is -2.40. The predicted octanol–water partition coefficient (Wildman–Crippen LogP) is 4.37. The van der Waals surface area contributed by atoms with Crippen molar-refractivity contribution >= 4 is 62.8 Å². The number of carbonyl (C=O) groups excluding carboxylic acids is 1. The van der Waals surface area contributed by atoms with Gasteiger partial charge in [0, 0.05) is 24.8 Å². The van der Waals surface area contributed by atoms with E-state index in [4.69, 9.17) is 21.4 Å². The Labute approximate surface area is 172 Å². The summed E-state index contributed by atoms with van der Waals surface area (Å²) in [6.07, 6.45) is 2.69. The highest BCUT2D eigenvalue weighted by Gasteiger charge is 2.33. The average molecular weight is 510 g/mol. The largest absolute Gasteiger partial charge is 0.444 e. The SMILES string of the molecule is CC1CC(NC(=O)OC(C)(C)C)CN1c1nn(PI)c2cc(Cl)ncc12. The van der Waals surface area contributed by atoms with Gasteiger partial charge in [0.15, 0.2) is 5.82 Å². The molecule has 7 nitrogen and oxygen atoms in total. The monoisotopic (exact) mass is 509 g/mol. The lowest BCUT2D eigenvalue weighted by Gasteiger charge is -2.22. The van der Waals surface area contributed by atoms with Crippen LogP contribution in [0.5, 0.6) is 0 Å². The Morgan fingerprint density at radius 1 is 1.50 bits per heavy atom. The Morgan fingerprint density at radius 2 is 2.23 bits per heavy atom. The van der Waals surface area contributed by atoms with Gasteiger partial charge in [-0.05, 0) is 56.2 Å². The van der Waals surface area contributed by atoms with Gasteiger partial charge >= 0.3 is 6.09 Å². The van der Waals surface area contributed by atoms with Crippen molar-refractivity contribution in [3.8, 4) is 0 Å². The van der Waals surface area contributed by atoms with Gasteiger partial charge in [-0.3, -0.25) is 0 Å². The Balaban J connectivity index is 1.80. The van der Waals surface area contributed by atoms with Crippen LogP contribution in [0.25, 0.3) is 10.9 Å². The number of hydrogen-bond donors (Lipinski definition) is 1. The molecule has 0 spiro atoms. The lowest BCUT2D eigenvalue weighted by molar-refractivity contribution is 0.0508. The number of ether oxygens (including phenoxy) is 1. The van der Waals surface area contributed by atoms with Crippen LogP contribution in [0.15, 0.2) is 12.3 Å². The van der Waals surface area contributed by atoms with Crippen LogP contribution in [0.3, 0.4) is 0 Å². The number of hydrogen-bond acceptors (Lipinski definition) is 5. The van der Waals surface area contributed by atoms with Crippen LogP contribution < -0.4 is 10.2 Å². The molecule has 26 heavy (non-hydrogen) atoms. The van der Waals surface area contributed by atoms with Crippen LogP contribution in [-0.4, -0.2) is 44.9 Å². The topological polar surface area (TPSA) is 72.3 Å². The number of nitrogens with one attached hydrogen (secondary N) is 1. The number of rotatable bonds is 3. The maximum atomic E-state index is 12.1. The van der Waals surface area contributed by atoms with Crippen LogP contribution >= 0.6 is 40.0 Å². The van der Waals surface area contributed by atoms with E-state index < -0.39 is 5.60 Å². The van der Waals surface area contributed by atoms with E-state index >= 15 is 0 Å².